The first-order valence-corrected chi connectivity index (χ1v) is 8.08. The van der Waals surface area contributed by atoms with E-state index in [9.17, 15) is 0 Å². The van der Waals surface area contributed by atoms with Gasteiger partial charge < -0.3 is 4.98 Å². The fourth-order valence-corrected chi connectivity index (χ4v) is 3.56. The fraction of sp³-hybridized carbons (Fsp3) is 0.300. The normalized spacial score (nSPS) is 15.2. The van der Waals surface area contributed by atoms with E-state index < -0.39 is 0 Å². The van der Waals surface area contributed by atoms with Crippen molar-refractivity contribution in [1.29, 1.82) is 0 Å². The molecule has 0 amide bonds. The highest BCUT2D eigenvalue weighted by Crippen LogP contribution is 2.31. The lowest BCUT2D eigenvalue weighted by molar-refractivity contribution is 0.245. The number of rotatable bonds is 2. The number of fused-ring (bicyclic) bond motifs is 3. The quantitative estimate of drug-likeness (QED) is 0.743. The highest BCUT2D eigenvalue weighted by atomic mass is 15.1. The summed E-state index contributed by atoms with van der Waals surface area (Å²) < 4.78 is 0. The van der Waals surface area contributed by atoms with E-state index in [-0.39, 0.29) is 0 Å². The van der Waals surface area contributed by atoms with E-state index in [1.165, 1.54) is 38.9 Å². The highest BCUT2D eigenvalue weighted by Gasteiger charge is 2.21. The van der Waals surface area contributed by atoms with Crippen LogP contribution in [0, 0.1) is 13.8 Å². The van der Waals surface area contributed by atoms with Gasteiger partial charge in [-0.25, -0.2) is 0 Å². The van der Waals surface area contributed by atoms with E-state index >= 15 is 0 Å². The minimum Gasteiger partial charge on any atom is -0.358 e. The van der Waals surface area contributed by atoms with Gasteiger partial charge in [-0.2, -0.15) is 0 Å². The molecule has 3 aromatic rings. The topological polar surface area (TPSA) is 19.0 Å². The zero-order chi connectivity index (χ0) is 15.1. The maximum Gasteiger partial charge on any atom is 0.0491 e. The lowest BCUT2D eigenvalue weighted by Crippen LogP contribution is -2.29. The van der Waals surface area contributed by atoms with Crippen molar-refractivity contribution in [3.63, 3.8) is 0 Å². The Morgan fingerprint density at radius 2 is 1.86 bits per heavy atom. The molecule has 0 fully saturated rings. The number of hydrogen-bond acceptors (Lipinski definition) is 1. The summed E-state index contributed by atoms with van der Waals surface area (Å²) in [5.74, 6) is 0. The Bertz CT molecular complexity index is 815. The van der Waals surface area contributed by atoms with E-state index in [1.54, 1.807) is 0 Å². The van der Waals surface area contributed by atoms with Gasteiger partial charge in [-0.15, -0.1) is 0 Å². The molecule has 112 valence electrons. The van der Waals surface area contributed by atoms with Crippen molar-refractivity contribution in [1.82, 2.24) is 9.88 Å². The molecule has 0 spiro atoms. The Morgan fingerprint density at radius 1 is 1.05 bits per heavy atom. The minimum atomic E-state index is 1.04. The molecule has 2 heteroatoms. The van der Waals surface area contributed by atoms with Crippen LogP contribution in [0.3, 0.4) is 0 Å². The number of nitrogens with zero attached hydrogens (tertiary/aromatic N) is 1. The van der Waals surface area contributed by atoms with E-state index in [1.807, 2.05) is 0 Å². The zero-order valence-electron chi connectivity index (χ0n) is 13.3. The smallest absolute Gasteiger partial charge is 0.0491 e. The molecule has 2 aromatic carbocycles. The van der Waals surface area contributed by atoms with E-state index in [2.05, 4.69) is 66.2 Å². The standard InChI is InChI=1S/C20H22N2/c1-14-8-9-17-18-13-22(12-16-6-4-3-5-7-16)11-10-19(18)21-20(17)15(14)2/h3-9,21H,10-13H2,1-2H3. The first-order valence-electron chi connectivity index (χ1n) is 8.08. The largest absolute Gasteiger partial charge is 0.358 e. The summed E-state index contributed by atoms with van der Waals surface area (Å²) in [7, 11) is 0. The van der Waals surface area contributed by atoms with Gasteiger partial charge in [0.1, 0.15) is 0 Å². The lowest BCUT2D eigenvalue weighted by Gasteiger charge is -2.27. The van der Waals surface area contributed by atoms with E-state index in [4.69, 9.17) is 0 Å². The second-order valence-electron chi connectivity index (χ2n) is 6.46. The summed E-state index contributed by atoms with van der Waals surface area (Å²) in [4.78, 5) is 6.24. The molecule has 1 N–H and O–H groups in total. The number of aromatic amines is 1. The van der Waals surface area contributed by atoms with Crippen molar-refractivity contribution in [2.45, 2.75) is 33.4 Å². The Morgan fingerprint density at radius 3 is 2.68 bits per heavy atom. The van der Waals surface area contributed by atoms with Crippen LogP contribution in [-0.4, -0.2) is 16.4 Å². The van der Waals surface area contributed by atoms with Crippen LogP contribution in [0.25, 0.3) is 10.9 Å². The van der Waals surface area contributed by atoms with Crippen molar-refractivity contribution in [3.8, 4) is 0 Å². The van der Waals surface area contributed by atoms with Crippen LogP contribution in [0.1, 0.15) is 27.9 Å². The van der Waals surface area contributed by atoms with Gasteiger partial charge in [-0.1, -0.05) is 42.5 Å². The highest BCUT2D eigenvalue weighted by molar-refractivity contribution is 5.88. The molecule has 0 saturated carbocycles. The molecule has 22 heavy (non-hydrogen) atoms. The number of nitrogens with one attached hydrogen (secondary N) is 1. The Balaban J connectivity index is 1.67. The van der Waals surface area contributed by atoms with Gasteiger partial charge in [0.15, 0.2) is 0 Å². The molecule has 2 heterocycles. The molecule has 0 saturated heterocycles. The monoisotopic (exact) mass is 290 g/mol. The van der Waals surface area contributed by atoms with Crippen molar-refractivity contribution in [2.75, 3.05) is 6.54 Å². The molecule has 0 unspecified atom stereocenters. The second kappa shape index (κ2) is 5.29. The number of benzene rings is 2. The first-order chi connectivity index (χ1) is 10.7. The van der Waals surface area contributed by atoms with Crippen LogP contribution < -0.4 is 0 Å². The van der Waals surface area contributed by atoms with Gasteiger partial charge in [0.05, 0.1) is 0 Å². The average molecular weight is 290 g/mol. The Labute approximate surface area is 131 Å². The molecule has 1 aromatic heterocycles. The van der Waals surface area contributed by atoms with Gasteiger partial charge in [-0.05, 0) is 36.1 Å². The minimum absolute atomic E-state index is 1.04. The van der Waals surface area contributed by atoms with Crippen molar-refractivity contribution >= 4 is 10.9 Å². The third-order valence-electron chi connectivity index (χ3n) is 5.01. The number of aryl methyl sites for hydroxylation is 2. The van der Waals surface area contributed by atoms with Gasteiger partial charge in [0.2, 0.25) is 0 Å². The van der Waals surface area contributed by atoms with Gasteiger partial charge in [0, 0.05) is 42.7 Å². The molecule has 0 bridgehead atoms. The van der Waals surface area contributed by atoms with E-state index in [0.29, 0.717) is 0 Å². The fourth-order valence-electron chi connectivity index (χ4n) is 3.56. The van der Waals surface area contributed by atoms with Crippen LogP contribution in [0.5, 0.6) is 0 Å². The summed E-state index contributed by atoms with van der Waals surface area (Å²) in [6, 6.07) is 15.3. The second-order valence-corrected chi connectivity index (χ2v) is 6.46. The molecule has 1 aliphatic heterocycles. The SMILES string of the molecule is Cc1ccc2c3c([nH]c2c1C)CCN(Cc1ccccc1)C3. The third-order valence-corrected chi connectivity index (χ3v) is 5.01. The molecular formula is C20H22N2. The van der Waals surface area contributed by atoms with Crippen molar-refractivity contribution in [2.24, 2.45) is 0 Å². The summed E-state index contributed by atoms with van der Waals surface area (Å²) in [5.41, 5.74) is 8.44. The predicted octanol–water partition coefficient (Wildman–Crippen LogP) is 4.34. The first kappa shape index (κ1) is 13.6. The van der Waals surface area contributed by atoms with Gasteiger partial charge in [-0.3, -0.25) is 4.90 Å². The maximum atomic E-state index is 3.68. The lowest BCUT2D eigenvalue weighted by atomic mass is 10.0. The van der Waals surface area contributed by atoms with Crippen LogP contribution >= 0.6 is 0 Å². The number of hydrogen-bond donors (Lipinski definition) is 1. The number of H-pyrrole nitrogens is 1. The summed E-state index contributed by atoms with van der Waals surface area (Å²) in [5, 5.41) is 1.41. The zero-order valence-corrected chi connectivity index (χ0v) is 13.3. The van der Waals surface area contributed by atoms with Crippen molar-refractivity contribution < 1.29 is 0 Å². The molecule has 0 radical (unpaired) electrons. The van der Waals surface area contributed by atoms with Crippen LogP contribution in [-0.2, 0) is 19.5 Å². The maximum absolute atomic E-state index is 3.68. The molecule has 0 aliphatic carbocycles. The average Bonchev–Trinajstić information content (AvgIpc) is 2.91. The molecule has 2 nitrogen and oxygen atoms in total. The number of aromatic nitrogens is 1. The predicted molar refractivity (Wildman–Crippen MR) is 92.0 cm³/mol. The molecule has 4 rings (SSSR count). The third kappa shape index (κ3) is 2.24. The summed E-state index contributed by atoms with van der Waals surface area (Å²) in [6.07, 6.45) is 1.12. The Hall–Kier alpha value is -2.06. The van der Waals surface area contributed by atoms with E-state index in [0.717, 1.165) is 26.1 Å². The van der Waals surface area contributed by atoms with Gasteiger partial charge in [0.25, 0.3) is 0 Å². The van der Waals surface area contributed by atoms with Crippen LogP contribution in [0.15, 0.2) is 42.5 Å². The Kier molecular flexibility index (Phi) is 3.27. The van der Waals surface area contributed by atoms with Crippen molar-refractivity contribution in [3.05, 3.63) is 70.4 Å². The van der Waals surface area contributed by atoms with Crippen LogP contribution in [0.4, 0.5) is 0 Å². The molecule has 1 aliphatic rings. The summed E-state index contributed by atoms with van der Waals surface area (Å²) >= 11 is 0. The molecular weight excluding hydrogens is 268 g/mol. The molecule has 0 atom stereocenters. The van der Waals surface area contributed by atoms with Crippen LogP contribution in [0.2, 0.25) is 0 Å². The van der Waals surface area contributed by atoms with Gasteiger partial charge >= 0.3 is 0 Å². The summed E-state index contributed by atoms with van der Waals surface area (Å²) in [6.45, 7) is 7.63.